The van der Waals surface area contributed by atoms with Crippen molar-refractivity contribution in [2.45, 2.75) is 65.0 Å². The van der Waals surface area contributed by atoms with Crippen LogP contribution in [0.2, 0.25) is 0 Å². The van der Waals surface area contributed by atoms with Gasteiger partial charge in [0.25, 0.3) is 0 Å². The van der Waals surface area contributed by atoms with Gasteiger partial charge in [-0.25, -0.2) is 0 Å². The van der Waals surface area contributed by atoms with Crippen LogP contribution in [0.1, 0.15) is 52.0 Å². The van der Waals surface area contributed by atoms with E-state index in [4.69, 9.17) is 9.47 Å². The Morgan fingerprint density at radius 1 is 1.23 bits per heavy atom. The van der Waals surface area contributed by atoms with Gasteiger partial charge in [0.15, 0.2) is 0 Å². The lowest BCUT2D eigenvalue weighted by Crippen LogP contribution is -2.49. The molecular weight excluding hydrogens is 378 g/mol. The maximum absolute atomic E-state index is 13.0. The largest absolute Gasteiger partial charge is 0.497 e. The minimum atomic E-state index is -0.444. The number of piperidine rings is 1. The summed E-state index contributed by atoms with van der Waals surface area (Å²) in [6, 6.07) is 9.09. The quantitative estimate of drug-likeness (QED) is 0.602. The Labute approximate surface area is 181 Å². The third kappa shape index (κ3) is 5.96. The van der Waals surface area contributed by atoms with Gasteiger partial charge in [0.2, 0.25) is 0 Å². The van der Waals surface area contributed by atoms with E-state index in [1.807, 2.05) is 25.1 Å². The van der Waals surface area contributed by atoms with Crippen molar-refractivity contribution in [3.05, 3.63) is 29.8 Å². The molecule has 2 heterocycles. The molecule has 2 N–H and O–H groups in total. The van der Waals surface area contributed by atoms with Gasteiger partial charge in [0.05, 0.1) is 19.1 Å². The number of esters is 1. The number of rotatable bonds is 9. The monoisotopic (exact) mass is 417 g/mol. The maximum atomic E-state index is 13.0. The Hall–Kier alpha value is -1.63. The maximum Gasteiger partial charge on any atom is 0.312 e. The minimum Gasteiger partial charge on any atom is -0.497 e. The van der Waals surface area contributed by atoms with E-state index in [0.29, 0.717) is 31.0 Å². The molecule has 2 fully saturated rings. The summed E-state index contributed by atoms with van der Waals surface area (Å²) in [4.78, 5) is 15.5. The zero-order valence-electron chi connectivity index (χ0n) is 19.1. The van der Waals surface area contributed by atoms with E-state index in [1.165, 1.54) is 12.8 Å². The van der Waals surface area contributed by atoms with Crippen LogP contribution in [-0.2, 0) is 16.0 Å². The molecule has 0 radical (unpaired) electrons. The zero-order chi connectivity index (χ0) is 21.6. The van der Waals surface area contributed by atoms with Crippen LogP contribution in [-0.4, -0.2) is 56.3 Å². The van der Waals surface area contributed by atoms with Crippen LogP contribution in [0, 0.1) is 11.3 Å². The van der Waals surface area contributed by atoms with Gasteiger partial charge < -0.3 is 14.4 Å². The third-order valence-electron chi connectivity index (χ3n) is 6.49. The summed E-state index contributed by atoms with van der Waals surface area (Å²) in [5.74, 6) is 1.49. The Balaban J connectivity index is 1.60. The number of carbonyl (C=O) groups excluding carboxylic acids is 1. The van der Waals surface area contributed by atoms with Gasteiger partial charge >= 0.3 is 5.97 Å². The number of carbonyl (C=O) groups is 1. The van der Waals surface area contributed by atoms with Gasteiger partial charge in [0.1, 0.15) is 5.75 Å². The van der Waals surface area contributed by atoms with Gasteiger partial charge in [0, 0.05) is 18.6 Å². The molecule has 6 nitrogen and oxygen atoms in total. The Kier molecular flexibility index (Phi) is 8.14. The van der Waals surface area contributed by atoms with E-state index < -0.39 is 5.41 Å². The van der Waals surface area contributed by atoms with Gasteiger partial charge in [-0.05, 0) is 75.7 Å². The molecule has 30 heavy (non-hydrogen) atoms. The molecule has 2 saturated heterocycles. The first-order chi connectivity index (χ1) is 14.4. The second kappa shape index (κ2) is 10.6. The molecule has 6 heteroatoms. The number of nitrogens with one attached hydrogen (secondary N) is 2. The molecule has 1 aromatic carbocycles. The highest BCUT2D eigenvalue weighted by Crippen LogP contribution is 2.37. The van der Waals surface area contributed by atoms with Crippen LogP contribution < -0.4 is 15.6 Å². The second-order valence-electron chi connectivity index (χ2n) is 9.38. The standard InChI is InChI=1S/C24H39N3O3/c1-5-30-23(28)24(16-19-7-6-8-22(14-19)29-4)9-11-27(12-10-24)17-21-15-20(25-26-21)13-18(2)3/h6-8,14,18,20-21,25-26H,5,9-13,15-17H2,1-4H3. The predicted octanol–water partition coefficient (Wildman–Crippen LogP) is 3.16. The lowest BCUT2D eigenvalue weighted by molar-refractivity contribution is -0.158. The van der Waals surface area contributed by atoms with Gasteiger partial charge in [-0.15, -0.1) is 0 Å². The van der Waals surface area contributed by atoms with Crippen LogP contribution in [0.5, 0.6) is 5.75 Å². The summed E-state index contributed by atoms with van der Waals surface area (Å²) in [5, 5.41) is 0. The Morgan fingerprint density at radius 3 is 2.63 bits per heavy atom. The van der Waals surface area contributed by atoms with E-state index in [9.17, 15) is 4.79 Å². The van der Waals surface area contributed by atoms with Crippen molar-refractivity contribution in [1.82, 2.24) is 15.8 Å². The topological polar surface area (TPSA) is 62.8 Å². The average Bonchev–Trinajstić information content (AvgIpc) is 3.16. The number of benzene rings is 1. The van der Waals surface area contributed by atoms with Crippen molar-refractivity contribution in [1.29, 1.82) is 0 Å². The summed E-state index contributed by atoms with van der Waals surface area (Å²) in [5.41, 5.74) is 7.63. The van der Waals surface area contributed by atoms with E-state index in [0.717, 1.165) is 43.8 Å². The summed E-state index contributed by atoms with van der Waals surface area (Å²) in [6.45, 7) is 9.75. The highest BCUT2D eigenvalue weighted by molar-refractivity contribution is 5.77. The number of hydrogen-bond donors (Lipinski definition) is 2. The van der Waals surface area contributed by atoms with Crippen molar-refractivity contribution in [2.75, 3.05) is 33.4 Å². The lowest BCUT2D eigenvalue weighted by atomic mass is 9.73. The highest BCUT2D eigenvalue weighted by atomic mass is 16.5. The van der Waals surface area contributed by atoms with Gasteiger partial charge in [-0.2, -0.15) is 0 Å². The third-order valence-corrected chi connectivity index (χ3v) is 6.49. The number of ether oxygens (including phenoxy) is 2. The summed E-state index contributed by atoms with van der Waals surface area (Å²) in [7, 11) is 1.68. The van der Waals surface area contributed by atoms with Crippen LogP contribution in [0.4, 0.5) is 0 Å². The van der Waals surface area contributed by atoms with E-state index in [2.05, 4.69) is 35.7 Å². The first-order valence-corrected chi connectivity index (χ1v) is 11.5. The average molecular weight is 418 g/mol. The van der Waals surface area contributed by atoms with Crippen molar-refractivity contribution in [3.63, 3.8) is 0 Å². The van der Waals surface area contributed by atoms with Gasteiger partial charge in [-0.1, -0.05) is 26.0 Å². The molecule has 2 aliphatic heterocycles. The van der Waals surface area contributed by atoms with Crippen molar-refractivity contribution in [2.24, 2.45) is 11.3 Å². The van der Waals surface area contributed by atoms with Crippen LogP contribution in [0.15, 0.2) is 24.3 Å². The molecular formula is C24H39N3O3. The molecule has 2 atom stereocenters. The molecule has 1 aromatic rings. The van der Waals surface area contributed by atoms with Crippen LogP contribution >= 0.6 is 0 Å². The SMILES string of the molecule is CCOC(=O)C1(Cc2cccc(OC)c2)CCN(CC2CC(CC(C)C)NN2)CC1. The van der Waals surface area contributed by atoms with E-state index in [1.54, 1.807) is 7.11 Å². The van der Waals surface area contributed by atoms with Crippen molar-refractivity contribution in [3.8, 4) is 5.75 Å². The smallest absolute Gasteiger partial charge is 0.312 e. The molecule has 0 aliphatic carbocycles. The number of hydrogen-bond acceptors (Lipinski definition) is 6. The Morgan fingerprint density at radius 2 is 1.97 bits per heavy atom. The molecule has 0 saturated carbocycles. The fourth-order valence-electron chi connectivity index (χ4n) is 4.93. The number of nitrogens with zero attached hydrogens (tertiary/aromatic N) is 1. The summed E-state index contributed by atoms with van der Waals surface area (Å²) < 4.78 is 10.9. The molecule has 0 amide bonds. The number of methoxy groups -OCH3 is 1. The predicted molar refractivity (Wildman–Crippen MR) is 119 cm³/mol. The lowest BCUT2D eigenvalue weighted by Gasteiger charge is -2.40. The molecule has 2 unspecified atom stereocenters. The minimum absolute atomic E-state index is 0.0508. The summed E-state index contributed by atoms with van der Waals surface area (Å²) in [6.07, 6.45) is 4.74. The molecule has 3 rings (SSSR count). The number of hydrazine groups is 1. The number of likely N-dealkylation sites (tertiary alicyclic amines) is 1. The van der Waals surface area contributed by atoms with E-state index in [-0.39, 0.29) is 5.97 Å². The highest BCUT2D eigenvalue weighted by Gasteiger charge is 2.43. The first-order valence-electron chi connectivity index (χ1n) is 11.5. The van der Waals surface area contributed by atoms with Crippen molar-refractivity contribution >= 4 is 5.97 Å². The normalized spacial score (nSPS) is 24.2. The molecule has 0 aromatic heterocycles. The van der Waals surface area contributed by atoms with Gasteiger partial charge in [-0.3, -0.25) is 15.6 Å². The molecule has 2 aliphatic rings. The molecule has 0 spiro atoms. The first kappa shape index (κ1) is 23.0. The fourth-order valence-corrected chi connectivity index (χ4v) is 4.93. The fraction of sp³-hybridized carbons (Fsp3) is 0.708. The molecule has 168 valence electrons. The van der Waals surface area contributed by atoms with E-state index >= 15 is 0 Å². The van der Waals surface area contributed by atoms with Crippen LogP contribution in [0.3, 0.4) is 0 Å². The summed E-state index contributed by atoms with van der Waals surface area (Å²) >= 11 is 0. The molecule has 0 bridgehead atoms. The van der Waals surface area contributed by atoms with Crippen molar-refractivity contribution < 1.29 is 14.3 Å². The Bertz CT molecular complexity index is 686. The van der Waals surface area contributed by atoms with Crippen LogP contribution in [0.25, 0.3) is 0 Å². The zero-order valence-corrected chi connectivity index (χ0v) is 19.1. The second-order valence-corrected chi connectivity index (χ2v) is 9.38.